The van der Waals surface area contributed by atoms with Gasteiger partial charge in [0.1, 0.15) is 11.8 Å². The quantitative estimate of drug-likeness (QED) is 0.757. The van der Waals surface area contributed by atoms with Crippen LogP contribution in [0.3, 0.4) is 0 Å². The molecule has 0 saturated heterocycles. The number of nitriles is 1. The summed E-state index contributed by atoms with van der Waals surface area (Å²) in [6.45, 7) is 6.55. The minimum atomic E-state index is 0.443. The molecule has 0 aromatic carbocycles. The largest absolute Gasteiger partial charge is 0.372 e. The third-order valence-electron chi connectivity index (χ3n) is 2.84. The van der Waals surface area contributed by atoms with Gasteiger partial charge in [-0.1, -0.05) is 13.8 Å². The van der Waals surface area contributed by atoms with E-state index >= 15 is 0 Å². The SMILES string of the molecule is CC(C)C(C)N(C)c1ccnc(C#N)c1. The molecule has 0 spiro atoms. The van der Waals surface area contributed by atoms with Crippen LogP contribution in [0.25, 0.3) is 0 Å². The minimum Gasteiger partial charge on any atom is -0.372 e. The molecular formula is C12H17N3. The molecule has 3 nitrogen and oxygen atoms in total. The van der Waals surface area contributed by atoms with Crippen molar-refractivity contribution >= 4 is 5.69 Å². The molecule has 15 heavy (non-hydrogen) atoms. The second-order valence-corrected chi connectivity index (χ2v) is 4.11. The Labute approximate surface area is 91.4 Å². The van der Waals surface area contributed by atoms with Crippen molar-refractivity contribution in [3.8, 4) is 6.07 Å². The maximum absolute atomic E-state index is 8.76. The number of rotatable bonds is 3. The van der Waals surface area contributed by atoms with E-state index in [9.17, 15) is 0 Å². The zero-order valence-corrected chi connectivity index (χ0v) is 9.73. The Morgan fingerprint density at radius 2 is 2.07 bits per heavy atom. The predicted octanol–water partition coefficient (Wildman–Crippen LogP) is 2.43. The first-order valence-corrected chi connectivity index (χ1v) is 5.15. The van der Waals surface area contributed by atoms with E-state index in [-0.39, 0.29) is 0 Å². The molecule has 80 valence electrons. The second kappa shape index (κ2) is 4.79. The molecule has 1 unspecified atom stereocenters. The van der Waals surface area contributed by atoms with Crippen molar-refractivity contribution < 1.29 is 0 Å². The maximum atomic E-state index is 8.76. The van der Waals surface area contributed by atoms with Gasteiger partial charge in [-0.3, -0.25) is 0 Å². The lowest BCUT2D eigenvalue weighted by Crippen LogP contribution is -2.33. The second-order valence-electron chi connectivity index (χ2n) is 4.11. The van der Waals surface area contributed by atoms with Gasteiger partial charge in [0, 0.05) is 25.0 Å². The summed E-state index contributed by atoms with van der Waals surface area (Å²) in [5, 5.41) is 8.76. The van der Waals surface area contributed by atoms with Crippen molar-refractivity contribution in [1.82, 2.24) is 4.98 Å². The molecule has 3 heteroatoms. The number of hydrogen-bond acceptors (Lipinski definition) is 3. The fraction of sp³-hybridized carbons (Fsp3) is 0.500. The van der Waals surface area contributed by atoms with Crippen LogP contribution >= 0.6 is 0 Å². The molecule has 0 aliphatic rings. The molecule has 1 heterocycles. The molecule has 0 saturated carbocycles. The summed E-state index contributed by atoms with van der Waals surface area (Å²) < 4.78 is 0. The van der Waals surface area contributed by atoms with E-state index in [0.717, 1.165) is 5.69 Å². The molecule has 1 rings (SSSR count). The standard InChI is InChI=1S/C12H17N3/c1-9(2)10(3)15(4)12-5-6-14-11(7-12)8-13/h5-7,9-10H,1-4H3. The molecule has 0 fully saturated rings. The van der Waals surface area contributed by atoms with Crippen molar-refractivity contribution in [2.45, 2.75) is 26.8 Å². The average Bonchev–Trinajstić information content (AvgIpc) is 2.27. The van der Waals surface area contributed by atoms with Gasteiger partial charge in [-0.05, 0) is 25.0 Å². The molecule has 0 N–H and O–H groups in total. The summed E-state index contributed by atoms with van der Waals surface area (Å²) in [7, 11) is 2.04. The number of nitrogens with zero attached hydrogens (tertiary/aromatic N) is 3. The first-order valence-electron chi connectivity index (χ1n) is 5.15. The number of pyridine rings is 1. The van der Waals surface area contributed by atoms with Gasteiger partial charge in [-0.2, -0.15) is 5.26 Å². The van der Waals surface area contributed by atoms with Gasteiger partial charge in [-0.15, -0.1) is 0 Å². The molecule has 0 amide bonds. The molecule has 1 atom stereocenters. The normalized spacial score (nSPS) is 12.3. The smallest absolute Gasteiger partial charge is 0.142 e. The van der Waals surface area contributed by atoms with Gasteiger partial charge in [0.15, 0.2) is 0 Å². The molecule has 0 radical (unpaired) electrons. The van der Waals surface area contributed by atoms with Gasteiger partial charge in [0.05, 0.1) is 0 Å². The molecule has 1 aromatic rings. The van der Waals surface area contributed by atoms with Gasteiger partial charge < -0.3 is 4.90 Å². The predicted molar refractivity (Wildman–Crippen MR) is 61.7 cm³/mol. The lowest BCUT2D eigenvalue weighted by molar-refractivity contribution is 0.505. The fourth-order valence-corrected chi connectivity index (χ4v) is 1.38. The third-order valence-corrected chi connectivity index (χ3v) is 2.84. The van der Waals surface area contributed by atoms with Gasteiger partial charge in [-0.25, -0.2) is 4.98 Å². The highest BCUT2D eigenvalue weighted by Crippen LogP contribution is 2.18. The molecule has 0 bridgehead atoms. The zero-order valence-electron chi connectivity index (χ0n) is 9.73. The highest BCUT2D eigenvalue weighted by molar-refractivity contribution is 5.48. The van der Waals surface area contributed by atoms with Gasteiger partial charge >= 0.3 is 0 Å². The molecule has 0 aliphatic heterocycles. The minimum absolute atomic E-state index is 0.443. The van der Waals surface area contributed by atoms with Gasteiger partial charge in [0.2, 0.25) is 0 Å². The fourth-order valence-electron chi connectivity index (χ4n) is 1.38. The highest BCUT2D eigenvalue weighted by Gasteiger charge is 2.13. The lowest BCUT2D eigenvalue weighted by atomic mass is 10.0. The molecular weight excluding hydrogens is 186 g/mol. The van der Waals surface area contributed by atoms with Crippen LogP contribution in [-0.4, -0.2) is 18.1 Å². The van der Waals surface area contributed by atoms with Crippen LogP contribution in [0, 0.1) is 17.2 Å². The highest BCUT2D eigenvalue weighted by atomic mass is 15.1. The monoisotopic (exact) mass is 203 g/mol. The number of aromatic nitrogens is 1. The Morgan fingerprint density at radius 1 is 1.40 bits per heavy atom. The van der Waals surface area contributed by atoms with Crippen LogP contribution < -0.4 is 4.90 Å². The zero-order chi connectivity index (χ0) is 11.4. The van der Waals surface area contributed by atoms with Gasteiger partial charge in [0.25, 0.3) is 0 Å². The Bertz CT molecular complexity index is 365. The lowest BCUT2D eigenvalue weighted by Gasteiger charge is -2.29. The Balaban J connectivity index is 2.91. The summed E-state index contributed by atoms with van der Waals surface area (Å²) in [5.74, 6) is 0.578. The van der Waals surface area contributed by atoms with Crippen LogP contribution in [0.2, 0.25) is 0 Å². The topological polar surface area (TPSA) is 39.9 Å². The van der Waals surface area contributed by atoms with Crippen molar-refractivity contribution in [3.05, 3.63) is 24.0 Å². The number of hydrogen-bond donors (Lipinski definition) is 0. The van der Waals surface area contributed by atoms with E-state index in [4.69, 9.17) is 5.26 Å². The number of anilines is 1. The van der Waals surface area contributed by atoms with Crippen molar-refractivity contribution in [3.63, 3.8) is 0 Å². The third kappa shape index (κ3) is 2.69. The molecule has 0 aliphatic carbocycles. The first kappa shape index (κ1) is 11.5. The van der Waals surface area contributed by atoms with E-state index in [1.165, 1.54) is 0 Å². The van der Waals surface area contributed by atoms with Crippen LogP contribution in [0.1, 0.15) is 26.5 Å². The first-order chi connectivity index (χ1) is 7.06. The van der Waals surface area contributed by atoms with Crippen LogP contribution in [0.4, 0.5) is 5.69 Å². The van der Waals surface area contributed by atoms with Crippen LogP contribution in [0.5, 0.6) is 0 Å². The summed E-state index contributed by atoms with van der Waals surface area (Å²) in [4.78, 5) is 6.13. The molecule has 1 aromatic heterocycles. The summed E-state index contributed by atoms with van der Waals surface area (Å²) in [6, 6.07) is 6.24. The van der Waals surface area contributed by atoms with E-state index in [0.29, 0.717) is 17.7 Å². The Kier molecular flexibility index (Phi) is 3.68. The van der Waals surface area contributed by atoms with E-state index < -0.39 is 0 Å². The summed E-state index contributed by atoms with van der Waals surface area (Å²) >= 11 is 0. The van der Waals surface area contributed by atoms with Crippen molar-refractivity contribution in [2.75, 3.05) is 11.9 Å². The Hall–Kier alpha value is -1.56. The van der Waals surface area contributed by atoms with Crippen LogP contribution in [0.15, 0.2) is 18.3 Å². The summed E-state index contributed by atoms with van der Waals surface area (Å²) in [5.41, 5.74) is 1.51. The van der Waals surface area contributed by atoms with Crippen molar-refractivity contribution in [1.29, 1.82) is 5.26 Å². The summed E-state index contributed by atoms with van der Waals surface area (Å²) in [6.07, 6.45) is 1.68. The van der Waals surface area contributed by atoms with Crippen LogP contribution in [-0.2, 0) is 0 Å². The maximum Gasteiger partial charge on any atom is 0.142 e. The van der Waals surface area contributed by atoms with E-state index in [1.54, 1.807) is 6.20 Å². The van der Waals surface area contributed by atoms with E-state index in [2.05, 4.69) is 36.7 Å². The average molecular weight is 203 g/mol. The van der Waals surface area contributed by atoms with Crippen molar-refractivity contribution in [2.24, 2.45) is 5.92 Å². The Morgan fingerprint density at radius 3 is 2.60 bits per heavy atom. The van der Waals surface area contributed by atoms with E-state index in [1.807, 2.05) is 19.2 Å².